The monoisotopic (exact) mass is 454 g/mol. The third kappa shape index (κ3) is 3.97. The SMILES string of the molecule is C/C(Cl)=C\Cn1c(SCc2cccc(Br)c2)nc2c1c(=O)[nH]c(=O)n2C. The third-order valence-corrected chi connectivity index (χ3v) is 5.48. The van der Waals surface area contributed by atoms with E-state index in [1.165, 1.54) is 16.3 Å². The fourth-order valence-electron chi connectivity index (χ4n) is 2.49. The Balaban J connectivity index is 2.08. The van der Waals surface area contributed by atoms with Crippen molar-refractivity contribution in [2.24, 2.45) is 7.05 Å². The molecule has 1 aromatic carbocycles. The number of imidazole rings is 1. The van der Waals surface area contributed by atoms with Crippen molar-refractivity contribution in [2.45, 2.75) is 24.4 Å². The number of benzene rings is 1. The molecule has 2 aromatic heterocycles. The van der Waals surface area contributed by atoms with E-state index in [4.69, 9.17) is 11.6 Å². The van der Waals surface area contributed by atoms with Crippen molar-refractivity contribution in [3.63, 3.8) is 0 Å². The first-order valence-electron chi connectivity index (χ1n) is 7.76. The van der Waals surface area contributed by atoms with Gasteiger partial charge in [-0.2, -0.15) is 0 Å². The zero-order valence-electron chi connectivity index (χ0n) is 14.1. The molecule has 0 amide bonds. The molecule has 26 heavy (non-hydrogen) atoms. The first-order chi connectivity index (χ1) is 12.4. The fourth-order valence-corrected chi connectivity index (χ4v) is 3.95. The Labute approximate surface area is 167 Å². The predicted molar refractivity (Wildman–Crippen MR) is 109 cm³/mol. The molecule has 0 saturated carbocycles. The standard InChI is InChI=1S/C17H16BrClN4O2S/c1-10(19)6-7-23-13-14(22(2)16(25)21-15(13)24)20-17(23)26-9-11-4-3-5-12(18)8-11/h3-6,8H,7,9H2,1-2H3,(H,21,24,25)/b10-6+. The summed E-state index contributed by atoms with van der Waals surface area (Å²) in [6.07, 6.45) is 1.80. The summed E-state index contributed by atoms with van der Waals surface area (Å²) >= 11 is 10.9. The number of nitrogens with one attached hydrogen (secondary N) is 1. The number of halogens is 2. The molecule has 0 atom stereocenters. The van der Waals surface area contributed by atoms with Gasteiger partial charge in [0.15, 0.2) is 16.3 Å². The molecule has 3 rings (SSSR count). The highest BCUT2D eigenvalue weighted by atomic mass is 79.9. The third-order valence-electron chi connectivity index (χ3n) is 3.78. The van der Waals surface area contributed by atoms with Crippen LogP contribution in [-0.2, 0) is 19.3 Å². The number of aromatic nitrogens is 4. The van der Waals surface area contributed by atoms with Crippen molar-refractivity contribution >= 4 is 50.5 Å². The average molecular weight is 456 g/mol. The lowest BCUT2D eigenvalue weighted by Crippen LogP contribution is -2.29. The van der Waals surface area contributed by atoms with E-state index in [2.05, 4.69) is 25.9 Å². The molecule has 6 nitrogen and oxygen atoms in total. The smallest absolute Gasteiger partial charge is 0.309 e. The number of rotatable bonds is 5. The second-order valence-corrected chi connectivity index (χ2v) is 8.16. The van der Waals surface area contributed by atoms with Gasteiger partial charge in [0.25, 0.3) is 5.56 Å². The predicted octanol–water partition coefficient (Wildman–Crippen LogP) is 3.62. The van der Waals surface area contributed by atoms with E-state index in [0.29, 0.717) is 33.7 Å². The van der Waals surface area contributed by atoms with E-state index in [-0.39, 0.29) is 0 Å². The number of hydrogen-bond donors (Lipinski definition) is 1. The van der Waals surface area contributed by atoms with Crippen LogP contribution in [-0.4, -0.2) is 19.1 Å². The van der Waals surface area contributed by atoms with E-state index in [9.17, 15) is 9.59 Å². The Hall–Kier alpha value is -1.77. The summed E-state index contributed by atoms with van der Waals surface area (Å²) in [5.74, 6) is 0.679. The van der Waals surface area contributed by atoms with Crippen LogP contribution < -0.4 is 11.2 Å². The molecule has 1 N–H and O–H groups in total. The van der Waals surface area contributed by atoms with Crippen molar-refractivity contribution < 1.29 is 0 Å². The van der Waals surface area contributed by atoms with Crippen molar-refractivity contribution in [3.8, 4) is 0 Å². The minimum absolute atomic E-state index is 0.358. The Kier molecular flexibility index (Phi) is 5.74. The van der Waals surface area contributed by atoms with Crippen LogP contribution in [0, 0.1) is 0 Å². The molecule has 9 heteroatoms. The van der Waals surface area contributed by atoms with Gasteiger partial charge < -0.3 is 4.57 Å². The molecular weight excluding hydrogens is 440 g/mol. The maximum absolute atomic E-state index is 12.4. The molecule has 0 radical (unpaired) electrons. The van der Waals surface area contributed by atoms with Gasteiger partial charge in [-0.25, -0.2) is 9.78 Å². The summed E-state index contributed by atoms with van der Waals surface area (Å²) in [5, 5.41) is 1.27. The maximum Gasteiger partial charge on any atom is 0.329 e. The summed E-state index contributed by atoms with van der Waals surface area (Å²) in [5.41, 5.74) is 0.897. The number of thioether (sulfide) groups is 1. The fraction of sp³-hybridized carbons (Fsp3) is 0.235. The molecule has 0 unspecified atom stereocenters. The highest BCUT2D eigenvalue weighted by molar-refractivity contribution is 9.10. The van der Waals surface area contributed by atoms with E-state index >= 15 is 0 Å². The normalized spacial score (nSPS) is 12.1. The van der Waals surface area contributed by atoms with Gasteiger partial charge in [-0.1, -0.05) is 57.5 Å². The topological polar surface area (TPSA) is 72.7 Å². The summed E-state index contributed by atoms with van der Waals surface area (Å²) in [4.78, 5) is 31.1. The molecule has 0 aliphatic heterocycles. The minimum Gasteiger partial charge on any atom is -0.309 e. The van der Waals surface area contributed by atoms with Crippen LogP contribution >= 0.6 is 39.3 Å². The quantitative estimate of drug-likeness (QED) is 0.596. The number of H-pyrrole nitrogens is 1. The second kappa shape index (κ2) is 7.85. The number of nitrogens with zero attached hydrogens (tertiary/aromatic N) is 3. The highest BCUT2D eigenvalue weighted by Crippen LogP contribution is 2.26. The van der Waals surface area contributed by atoms with Crippen LogP contribution in [0.4, 0.5) is 0 Å². The van der Waals surface area contributed by atoms with Gasteiger partial charge in [0.05, 0.1) is 0 Å². The van der Waals surface area contributed by atoms with Crippen molar-refractivity contribution in [2.75, 3.05) is 0 Å². The highest BCUT2D eigenvalue weighted by Gasteiger charge is 2.17. The molecule has 136 valence electrons. The lowest BCUT2D eigenvalue weighted by molar-refractivity contribution is 0.742. The van der Waals surface area contributed by atoms with E-state index in [0.717, 1.165) is 10.0 Å². The zero-order chi connectivity index (χ0) is 18.8. The van der Waals surface area contributed by atoms with E-state index in [1.54, 1.807) is 24.6 Å². The van der Waals surface area contributed by atoms with Crippen LogP contribution in [0.1, 0.15) is 12.5 Å². The molecule has 3 aromatic rings. The van der Waals surface area contributed by atoms with Gasteiger partial charge in [-0.05, 0) is 24.6 Å². The van der Waals surface area contributed by atoms with E-state index < -0.39 is 11.2 Å². The first-order valence-corrected chi connectivity index (χ1v) is 9.91. The Bertz CT molecular complexity index is 1110. The van der Waals surface area contributed by atoms with Crippen LogP contribution in [0.25, 0.3) is 11.2 Å². The molecule has 0 bridgehead atoms. The zero-order valence-corrected chi connectivity index (χ0v) is 17.3. The maximum atomic E-state index is 12.4. The largest absolute Gasteiger partial charge is 0.329 e. The Morgan fingerprint density at radius 1 is 1.42 bits per heavy atom. The van der Waals surface area contributed by atoms with Crippen LogP contribution in [0.15, 0.2) is 54.6 Å². The molecule has 0 aliphatic rings. The van der Waals surface area contributed by atoms with Gasteiger partial charge in [0.2, 0.25) is 0 Å². The molecule has 0 spiro atoms. The van der Waals surface area contributed by atoms with Crippen molar-refractivity contribution in [1.29, 1.82) is 0 Å². The van der Waals surface area contributed by atoms with E-state index in [1.807, 2.05) is 24.3 Å². The van der Waals surface area contributed by atoms with Crippen LogP contribution in [0.5, 0.6) is 0 Å². The van der Waals surface area contributed by atoms with Gasteiger partial charge in [0, 0.05) is 28.9 Å². The van der Waals surface area contributed by atoms with Gasteiger partial charge in [-0.3, -0.25) is 14.3 Å². The summed E-state index contributed by atoms with van der Waals surface area (Å²) in [6.45, 7) is 2.17. The number of aromatic amines is 1. The Morgan fingerprint density at radius 2 is 2.19 bits per heavy atom. The molecular formula is C17H16BrClN4O2S. The summed E-state index contributed by atoms with van der Waals surface area (Å²) in [6, 6.07) is 7.99. The molecule has 0 fully saturated rings. The minimum atomic E-state index is -0.486. The molecule has 0 saturated heterocycles. The molecule has 0 aliphatic carbocycles. The lowest BCUT2D eigenvalue weighted by atomic mass is 10.2. The number of allylic oxidation sites excluding steroid dienone is 2. The van der Waals surface area contributed by atoms with Crippen molar-refractivity contribution in [3.05, 3.63) is 66.2 Å². The lowest BCUT2D eigenvalue weighted by Gasteiger charge is -2.06. The van der Waals surface area contributed by atoms with Gasteiger partial charge in [0.1, 0.15) is 0 Å². The van der Waals surface area contributed by atoms with Crippen LogP contribution in [0.2, 0.25) is 0 Å². The Morgan fingerprint density at radius 3 is 2.88 bits per heavy atom. The summed E-state index contributed by atoms with van der Waals surface area (Å²) < 4.78 is 4.12. The number of aryl methyl sites for hydroxylation is 1. The van der Waals surface area contributed by atoms with Crippen LogP contribution in [0.3, 0.4) is 0 Å². The number of fused-ring (bicyclic) bond motifs is 1. The first kappa shape index (κ1) is 19.0. The average Bonchev–Trinajstić information content (AvgIpc) is 2.95. The molecule has 2 heterocycles. The van der Waals surface area contributed by atoms with Gasteiger partial charge in [-0.15, -0.1) is 0 Å². The van der Waals surface area contributed by atoms with Gasteiger partial charge >= 0.3 is 5.69 Å². The second-order valence-electron chi connectivity index (χ2n) is 5.70. The summed E-state index contributed by atoms with van der Waals surface area (Å²) in [7, 11) is 1.59. The number of hydrogen-bond acceptors (Lipinski definition) is 4. The van der Waals surface area contributed by atoms with Crippen molar-refractivity contribution in [1.82, 2.24) is 19.1 Å².